The molecule has 20 heavy (non-hydrogen) atoms. The van der Waals surface area contributed by atoms with Crippen molar-refractivity contribution in [2.75, 3.05) is 66.0 Å². The molecule has 0 N–H and O–H groups in total. The molecule has 0 aromatic heterocycles. The van der Waals surface area contributed by atoms with Gasteiger partial charge in [0.2, 0.25) is 0 Å². The van der Waals surface area contributed by atoms with Crippen molar-refractivity contribution in [3.8, 4) is 0 Å². The Hall–Kier alpha value is -0.160. The number of hydrogen-bond donors (Lipinski definition) is 0. The van der Waals surface area contributed by atoms with Crippen LogP contribution in [0.3, 0.4) is 0 Å². The van der Waals surface area contributed by atoms with Gasteiger partial charge in [-0.1, -0.05) is 0 Å². The van der Waals surface area contributed by atoms with Crippen LogP contribution in [0.2, 0.25) is 0 Å². The summed E-state index contributed by atoms with van der Waals surface area (Å²) in [5.74, 6) is 0.869. The first kappa shape index (κ1) is 16.2. The lowest BCUT2D eigenvalue weighted by Gasteiger charge is -2.33. The van der Waals surface area contributed by atoms with Gasteiger partial charge in [-0.25, -0.2) is 0 Å². The zero-order chi connectivity index (χ0) is 14.6. The normalized spacial score (nSPS) is 27.3. The monoisotopic (exact) mass is 283 g/mol. The highest BCUT2D eigenvalue weighted by Crippen LogP contribution is 2.18. The predicted molar refractivity (Wildman–Crippen MR) is 84.2 cm³/mol. The van der Waals surface area contributed by atoms with Gasteiger partial charge >= 0.3 is 0 Å². The maximum atomic E-state index is 5.83. The molecule has 2 heterocycles. The molecule has 2 aliphatic rings. The molecule has 0 aliphatic carbocycles. The maximum absolute atomic E-state index is 5.83. The number of ether oxygens (including phenoxy) is 1. The molecule has 0 radical (unpaired) electrons. The first-order valence-corrected chi connectivity index (χ1v) is 8.19. The van der Waals surface area contributed by atoms with Crippen molar-refractivity contribution in [1.82, 2.24) is 14.7 Å². The van der Waals surface area contributed by atoms with Crippen LogP contribution >= 0.6 is 0 Å². The fourth-order valence-corrected chi connectivity index (χ4v) is 3.14. The Morgan fingerprint density at radius 2 is 1.70 bits per heavy atom. The van der Waals surface area contributed by atoms with Crippen molar-refractivity contribution in [3.05, 3.63) is 0 Å². The lowest BCUT2D eigenvalue weighted by Crippen LogP contribution is -2.46. The van der Waals surface area contributed by atoms with Gasteiger partial charge in [0, 0.05) is 45.8 Å². The largest absolute Gasteiger partial charge is 0.375 e. The lowest BCUT2D eigenvalue weighted by molar-refractivity contribution is -0.0114. The number of hydrogen-bond acceptors (Lipinski definition) is 4. The van der Waals surface area contributed by atoms with E-state index in [1.165, 1.54) is 52.2 Å². The van der Waals surface area contributed by atoms with E-state index in [0.29, 0.717) is 0 Å². The zero-order valence-electron chi connectivity index (χ0n) is 13.9. The van der Waals surface area contributed by atoms with Gasteiger partial charge in [0.15, 0.2) is 0 Å². The van der Waals surface area contributed by atoms with E-state index in [2.05, 4.69) is 42.5 Å². The zero-order valence-corrected chi connectivity index (χ0v) is 13.9. The molecule has 4 nitrogen and oxygen atoms in total. The molecule has 2 saturated heterocycles. The van der Waals surface area contributed by atoms with Gasteiger partial charge < -0.3 is 19.4 Å². The van der Waals surface area contributed by atoms with Gasteiger partial charge in [0.05, 0.1) is 12.2 Å². The van der Waals surface area contributed by atoms with Gasteiger partial charge in [0.25, 0.3) is 0 Å². The Balaban J connectivity index is 1.60. The second-order valence-electron chi connectivity index (χ2n) is 7.52. The van der Waals surface area contributed by atoms with E-state index in [9.17, 15) is 0 Å². The van der Waals surface area contributed by atoms with Crippen LogP contribution in [0.4, 0.5) is 0 Å². The van der Waals surface area contributed by atoms with Crippen molar-refractivity contribution < 1.29 is 4.74 Å². The molecule has 4 heteroatoms. The molecule has 0 bridgehead atoms. The van der Waals surface area contributed by atoms with Crippen molar-refractivity contribution in [2.24, 2.45) is 5.92 Å². The fourth-order valence-electron chi connectivity index (χ4n) is 3.14. The predicted octanol–water partition coefficient (Wildman–Crippen LogP) is 1.37. The van der Waals surface area contributed by atoms with Gasteiger partial charge in [-0.2, -0.15) is 0 Å². The molecule has 0 aromatic carbocycles. The van der Waals surface area contributed by atoms with Crippen LogP contribution in [0, 0.1) is 5.92 Å². The third-order valence-electron chi connectivity index (χ3n) is 4.42. The minimum Gasteiger partial charge on any atom is -0.375 e. The topological polar surface area (TPSA) is 19.0 Å². The molecule has 0 unspecified atom stereocenters. The third kappa shape index (κ3) is 5.68. The summed E-state index contributed by atoms with van der Waals surface area (Å²) in [6, 6.07) is 0. The molecule has 1 atom stereocenters. The van der Waals surface area contributed by atoms with E-state index in [1.807, 2.05) is 0 Å². The molecular weight excluding hydrogens is 250 g/mol. The van der Waals surface area contributed by atoms with Gasteiger partial charge in [0.1, 0.15) is 0 Å². The maximum Gasteiger partial charge on any atom is 0.0600 e. The van der Waals surface area contributed by atoms with Gasteiger partial charge in [-0.3, -0.25) is 0 Å². The minimum absolute atomic E-state index is 0.00104. The summed E-state index contributed by atoms with van der Waals surface area (Å²) in [5.41, 5.74) is -0.00104. The second-order valence-corrected chi connectivity index (χ2v) is 7.52. The lowest BCUT2D eigenvalue weighted by atomic mass is 10.1. The van der Waals surface area contributed by atoms with Crippen LogP contribution < -0.4 is 0 Å². The van der Waals surface area contributed by atoms with Gasteiger partial charge in [-0.15, -0.1) is 0 Å². The van der Waals surface area contributed by atoms with E-state index in [1.54, 1.807) is 0 Å². The summed E-state index contributed by atoms with van der Waals surface area (Å²) in [6.45, 7) is 17.1. The number of nitrogens with zero attached hydrogens (tertiary/aromatic N) is 3. The van der Waals surface area contributed by atoms with E-state index in [0.717, 1.165) is 19.1 Å². The van der Waals surface area contributed by atoms with Crippen LogP contribution in [0.5, 0.6) is 0 Å². The summed E-state index contributed by atoms with van der Waals surface area (Å²) >= 11 is 0. The third-order valence-corrected chi connectivity index (χ3v) is 4.42. The highest BCUT2D eigenvalue weighted by molar-refractivity contribution is 4.80. The summed E-state index contributed by atoms with van der Waals surface area (Å²) in [6.07, 6.45) is 1.36. The van der Waals surface area contributed by atoms with E-state index >= 15 is 0 Å². The Morgan fingerprint density at radius 3 is 2.35 bits per heavy atom. The van der Waals surface area contributed by atoms with Crippen LogP contribution in [-0.2, 0) is 4.74 Å². The Morgan fingerprint density at radius 1 is 1.00 bits per heavy atom. The van der Waals surface area contributed by atoms with Crippen molar-refractivity contribution in [3.63, 3.8) is 0 Å². The second kappa shape index (κ2) is 7.21. The van der Waals surface area contributed by atoms with Crippen LogP contribution in [0.25, 0.3) is 0 Å². The highest BCUT2D eigenvalue weighted by atomic mass is 16.5. The molecule has 118 valence electrons. The molecule has 2 fully saturated rings. The van der Waals surface area contributed by atoms with E-state index in [-0.39, 0.29) is 5.60 Å². The average Bonchev–Trinajstić information content (AvgIpc) is 2.78. The summed E-state index contributed by atoms with van der Waals surface area (Å²) in [7, 11) is 2.23. The molecule has 0 aromatic rings. The Labute approximate surface area is 125 Å². The van der Waals surface area contributed by atoms with Crippen molar-refractivity contribution in [1.29, 1.82) is 0 Å². The molecule has 2 rings (SSSR count). The number of rotatable bonds is 5. The minimum atomic E-state index is -0.00104. The number of likely N-dealkylation sites (tertiary alicyclic amines) is 1. The summed E-state index contributed by atoms with van der Waals surface area (Å²) in [4.78, 5) is 7.66. The summed E-state index contributed by atoms with van der Waals surface area (Å²) < 4.78 is 5.83. The molecule has 0 saturated carbocycles. The first-order chi connectivity index (χ1) is 9.42. The number of likely N-dealkylation sites (N-methyl/N-ethyl adjacent to an activating group) is 1. The van der Waals surface area contributed by atoms with Crippen LogP contribution in [-0.4, -0.2) is 86.3 Å². The molecule has 0 spiro atoms. The smallest absolute Gasteiger partial charge is 0.0600 e. The van der Waals surface area contributed by atoms with E-state index < -0.39 is 0 Å². The van der Waals surface area contributed by atoms with Crippen LogP contribution in [0.15, 0.2) is 0 Å². The molecular formula is C16H33N3O. The van der Waals surface area contributed by atoms with Gasteiger partial charge in [-0.05, 0) is 46.7 Å². The van der Waals surface area contributed by atoms with Crippen molar-refractivity contribution in [2.45, 2.75) is 32.8 Å². The molecule has 0 amide bonds. The Kier molecular flexibility index (Phi) is 5.84. The van der Waals surface area contributed by atoms with E-state index in [4.69, 9.17) is 4.74 Å². The van der Waals surface area contributed by atoms with Crippen LogP contribution in [0.1, 0.15) is 27.2 Å². The van der Waals surface area contributed by atoms with Crippen molar-refractivity contribution >= 4 is 0 Å². The standard InChI is InChI=1S/C16H33N3O/c1-16(2,3)20-12-11-18-6-5-15(13-18)14-19-9-7-17(4)8-10-19/h15H,5-14H2,1-4H3/t15-/m0/s1. The molecule has 2 aliphatic heterocycles. The quantitative estimate of drug-likeness (QED) is 0.758. The first-order valence-electron chi connectivity index (χ1n) is 8.19. The average molecular weight is 283 g/mol. The number of piperazine rings is 1. The Bertz CT molecular complexity index is 282. The summed E-state index contributed by atoms with van der Waals surface area (Å²) in [5, 5.41) is 0. The highest BCUT2D eigenvalue weighted by Gasteiger charge is 2.25. The SMILES string of the molecule is CN1CCN(C[C@H]2CCN(CCOC(C)(C)C)C2)CC1. The fraction of sp³-hybridized carbons (Fsp3) is 1.00.